The Morgan fingerprint density at radius 3 is 2.20 bits per heavy atom. The summed E-state index contributed by atoms with van der Waals surface area (Å²) in [5.74, 6) is 0. The fraction of sp³-hybridized carbons (Fsp3) is 0.857. The van der Waals surface area contributed by atoms with Gasteiger partial charge in [0.25, 0.3) is 0 Å². The second-order valence-electron chi connectivity index (χ2n) is 3.82. The van der Waals surface area contributed by atoms with Gasteiger partial charge in [-0.05, 0) is 20.8 Å². The number of aliphatic hydroxyl groups is 1. The normalized spacial score (nSPS) is 12.3. The third-order valence-corrected chi connectivity index (χ3v) is 2.15. The molecule has 0 heterocycles. The zero-order chi connectivity index (χ0) is 12.3. The fourth-order valence-electron chi connectivity index (χ4n) is 0.726. The van der Waals surface area contributed by atoms with Gasteiger partial charge in [-0.3, -0.25) is 0 Å². The molecule has 0 bridgehead atoms. The van der Waals surface area contributed by atoms with Crippen LogP contribution in [-0.2, 0) is 14.9 Å². The van der Waals surface area contributed by atoms with Crippen LogP contribution in [0.5, 0.6) is 0 Å². The molecule has 0 aliphatic heterocycles. The Morgan fingerprint density at radius 2 is 1.93 bits per heavy atom. The van der Waals surface area contributed by atoms with Crippen molar-refractivity contribution in [1.82, 2.24) is 4.31 Å². The van der Waals surface area contributed by atoms with Crippen LogP contribution < -0.4 is 5.14 Å². The number of rotatable bonds is 3. The highest BCUT2D eigenvalue weighted by Gasteiger charge is 2.28. The van der Waals surface area contributed by atoms with Gasteiger partial charge in [0.05, 0.1) is 13.2 Å². The molecule has 0 saturated heterocycles. The summed E-state index contributed by atoms with van der Waals surface area (Å²) in [6.45, 7) is 3.82. The quantitative estimate of drug-likeness (QED) is 0.685. The molecule has 0 saturated carbocycles. The third-order valence-electron chi connectivity index (χ3n) is 1.21. The lowest BCUT2D eigenvalue weighted by molar-refractivity contribution is 0.0371. The lowest BCUT2D eigenvalue weighted by Gasteiger charge is -2.24. The second-order valence-corrected chi connectivity index (χ2v) is 5.29. The maximum Gasteiger partial charge on any atom is 0.425 e. The van der Waals surface area contributed by atoms with Crippen LogP contribution >= 0.6 is 0 Å². The van der Waals surface area contributed by atoms with E-state index in [1.807, 2.05) is 0 Å². The zero-order valence-corrected chi connectivity index (χ0v) is 9.74. The highest BCUT2D eigenvalue weighted by molar-refractivity contribution is 7.87. The number of aliphatic hydroxyl groups excluding tert-OH is 1. The minimum Gasteiger partial charge on any atom is -0.443 e. The lowest BCUT2D eigenvalue weighted by atomic mass is 10.2. The summed E-state index contributed by atoms with van der Waals surface area (Å²) < 4.78 is 27.0. The van der Waals surface area contributed by atoms with Crippen LogP contribution in [-0.4, -0.2) is 42.7 Å². The average molecular weight is 240 g/mol. The van der Waals surface area contributed by atoms with Crippen LogP contribution in [0.2, 0.25) is 0 Å². The number of ether oxygens (including phenoxy) is 1. The SMILES string of the molecule is CC(C)(C)OC(=O)N(CCO)S(N)(=O)=O. The van der Waals surface area contributed by atoms with Gasteiger partial charge in [-0.1, -0.05) is 0 Å². The van der Waals surface area contributed by atoms with Gasteiger partial charge >= 0.3 is 16.3 Å². The van der Waals surface area contributed by atoms with Crippen LogP contribution in [0.3, 0.4) is 0 Å². The van der Waals surface area contributed by atoms with E-state index in [4.69, 9.17) is 15.0 Å². The number of nitrogens with two attached hydrogens (primary N) is 1. The molecule has 1 amide bonds. The van der Waals surface area contributed by atoms with Crippen molar-refractivity contribution >= 4 is 16.3 Å². The van der Waals surface area contributed by atoms with Crippen LogP contribution in [0.25, 0.3) is 0 Å². The Kier molecular flexibility index (Phi) is 4.50. The van der Waals surface area contributed by atoms with Crippen LogP contribution in [0.4, 0.5) is 4.79 Å². The number of hydrogen-bond donors (Lipinski definition) is 2. The van der Waals surface area contributed by atoms with Crippen molar-refractivity contribution in [3.05, 3.63) is 0 Å². The number of hydrogen-bond acceptors (Lipinski definition) is 5. The molecule has 8 heteroatoms. The predicted molar refractivity (Wildman–Crippen MR) is 53.1 cm³/mol. The van der Waals surface area contributed by atoms with Crippen LogP contribution in [0, 0.1) is 0 Å². The summed E-state index contributed by atoms with van der Waals surface area (Å²) in [7, 11) is -4.20. The van der Waals surface area contributed by atoms with Crippen molar-refractivity contribution in [1.29, 1.82) is 0 Å². The van der Waals surface area contributed by atoms with Crippen molar-refractivity contribution in [2.24, 2.45) is 5.14 Å². The number of carbonyl (C=O) groups is 1. The zero-order valence-electron chi connectivity index (χ0n) is 8.93. The highest BCUT2D eigenvalue weighted by atomic mass is 32.2. The maximum absolute atomic E-state index is 11.3. The van der Waals surface area contributed by atoms with Gasteiger partial charge in [0.2, 0.25) is 0 Å². The minimum absolute atomic E-state index is 0.276. The first-order chi connectivity index (χ1) is 6.58. The average Bonchev–Trinajstić information content (AvgIpc) is 1.93. The summed E-state index contributed by atoms with van der Waals surface area (Å²) in [6.07, 6.45) is -1.10. The Balaban J connectivity index is 4.74. The van der Waals surface area contributed by atoms with Gasteiger partial charge in [0.1, 0.15) is 5.60 Å². The first-order valence-electron chi connectivity index (χ1n) is 4.22. The van der Waals surface area contributed by atoms with E-state index in [0.29, 0.717) is 0 Å². The number of amides is 1. The molecule has 3 N–H and O–H groups in total. The van der Waals surface area contributed by atoms with Crippen LogP contribution in [0.15, 0.2) is 0 Å². The summed E-state index contributed by atoms with van der Waals surface area (Å²) in [5, 5.41) is 13.3. The third kappa shape index (κ3) is 5.55. The van der Waals surface area contributed by atoms with E-state index in [2.05, 4.69) is 0 Å². The lowest BCUT2D eigenvalue weighted by Crippen LogP contribution is -2.45. The van der Waals surface area contributed by atoms with E-state index < -0.39 is 35.1 Å². The molecule has 15 heavy (non-hydrogen) atoms. The Hall–Kier alpha value is -0.860. The Bertz CT molecular complexity index is 319. The molecule has 0 fully saturated rings. The Morgan fingerprint density at radius 1 is 1.47 bits per heavy atom. The van der Waals surface area contributed by atoms with Crippen molar-refractivity contribution in [3.63, 3.8) is 0 Å². The monoisotopic (exact) mass is 240 g/mol. The van der Waals surface area contributed by atoms with Crippen LogP contribution in [0.1, 0.15) is 20.8 Å². The van der Waals surface area contributed by atoms with Crippen molar-refractivity contribution in [2.75, 3.05) is 13.2 Å². The largest absolute Gasteiger partial charge is 0.443 e. The molecule has 0 rings (SSSR count). The van der Waals surface area contributed by atoms with E-state index >= 15 is 0 Å². The smallest absolute Gasteiger partial charge is 0.425 e. The highest BCUT2D eigenvalue weighted by Crippen LogP contribution is 2.10. The van der Waals surface area contributed by atoms with Gasteiger partial charge in [-0.25, -0.2) is 9.93 Å². The molecule has 0 spiro atoms. The summed E-state index contributed by atoms with van der Waals surface area (Å²) >= 11 is 0. The molecule has 7 nitrogen and oxygen atoms in total. The molecular weight excluding hydrogens is 224 g/mol. The summed E-state index contributed by atoms with van der Waals surface area (Å²) in [6, 6.07) is 0. The predicted octanol–water partition coefficient (Wildman–Crippen LogP) is -0.581. The van der Waals surface area contributed by atoms with E-state index in [1.54, 1.807) is 20.8 Å². The molecule has 0 aromatic carbocycles. The first kappa shape index (κ1) is 14.1. The van der Waals surface area contributed by atoms with E-state index in [9.17, 15) is 13.2 Å². The standard InChI is InChI=1S/C7H16N2O5S/c1-7(2,3)14-6(11)9(4-5-10)15(8,12)13/h10H,4-5H2,1-3H3,(H2,8,12,13). The van der Waals surface area contributed by atoms with Gasteiger partial charge in [-0.2, -0.15) is 12.7 Å². The summed E-state index contributed by atoms with van der Waals surface area (Å²) in [4.78, 5) is 11.3. The topological polar surface area (TPSA) is 110 Å². The second kappa shape index (κ2) is 4.77. The number of nitrogens with zero attached hydrogens (tertiary/aromatic N) is 1. The molecule has 0 aliphatic carbocycles. The molecule has 0 unspecified atom stereocenters. The fourth-order valence-corrected chi connectivity index (χ4v) is 1.31. The van der Waals surface area contributed by atoms with Crippen molar-refractivity contribution < 1.29 is 23.1 Å². The molecule has 0 atom stereocenters. The van der Waals surface area contributed by atoms with Gasteiger partial charge < -0.3 is 9.84 Å². The van der Waals surface area contributed by atoms with Crippen molar-refractivity contribution in [2.45, 2.75) is 26.4 Å². The number of carbonyl (C=O) groups excluding carboxylic acids is 1. The van der Waals surface area contributed by atoms with E-state index in [-0.39, 0.29) is 4.31 Å². The van der Waals surface area contributed by atoms with E-state index in [1.165, 1.54) is 0 Å². The minimum atomic E-state index is -4.20. The Labute approximate surface area is 89.0 Å². The molecule has 0 aliphatic rings. The molecule has 90 valence electrons. The summed E-state index contributed by atoms with van der Waals surface area (Å²) in [5.41, 5.74) is -0.824. The van der Waals surface area contributed by atoms with Crippen molar-refractivity contribution in [3.8, 4) is 0 Å². The maximum atomic E-state index is 11.3. The molecule has 0 radical (unpaired) electrons. The first-order valence-corrected chi connectivity index (χ1v) is 5.72. The van der Waals surface area contributed by atoms with Gasteiger partial charge in [0, 0.05) is 0 Å². The molecule has 0 aromatic rings. The van der Waals surface area contributed by atoms with Gasteiger partial charge in [0.15, 0.2) is 0 Å². The molecule has 0 aromatic heterocycles. The van der Waals surface area contributed by atoms with E-state index in [0.717, 1.165) is 0 Å². The molecular formula is C7H16N2O5S. The van der Waals surface area contributed by atoms with Gasteiger partial charge in [-0.15, -0.1) is 0 Å².